The minimum Gasteiger partial charge on any atom is -0.380 e. The molecule has 7 rings (SSSR count). The number of nitrogens with one attached hydrogen (secondary N) is 1. The van der Waals surface area contributed by atoms with E-state index in [2.05, 4.69) is 41.8 Å². The van der Waals surface area contributed by atoms with Gasteiger partial charge < -0.3 is 15.0 Å². The van der Waals surface area contributed by atoms with E-state index < -0.39 is 6.10 Å². The lowest BCUT2D eigenvalue weighted by Gasteiger charge is -2.52. The first kappa shape index (κ1) is 31.8. The SMILES string of the molecule is CN(C)Cc1cc(CN2CCN(C3CC(CC#N)(n4cc(-c5ncnc6[nH]ccc56)cn4)C3)CC2)cc(C(O)C(=O)c2ccccc2)c1. The molecule has 0 spiro atoms. The Bertz CT molecular complexity index is 1930. The van der Waals surface area contributed by atoms with Crippen LogP contribution in [-0.2, 0) is 18.6 Å². The summed E-state index contributed by atoms with van der Waals surface area (Å²) in [4.78, 5) is 32.1. The maximum Gasteiger partial charge on any atom is 0.195 e. The van der Waals surface area contributed by atoms with Crippen molar-refractivity contribution >= 4 is 16.8 Å². The van der Waals surface area contributed by atoms with E-state index in [1.54, 1.807) is 18.5 Å². The minimum atomic E-state index is -1.21. The quantitative estimate of drug-likeness (QED) is 0.201. The third-order valence-electron chi connectivity index (χ3n) is 9.86. The zero-order valence-corrected chi connectivity index (χ0v) is 27.5. The first-order valence-corrected chi connectivity index (χ1v) is 16.5. The highest BCUT2D eigenvalue weighted by atomic mass is 16.3. The Hall–Kier alpha value is -4.73. The van der Waals surface area contributed by atoms with E-state index in [1.807, 2.05) is 73.8 Å². The lowest BCUT2D eigenvalue weighted by atomic mass is 9.70. The first-order valence-electron chi connectivity index (χ1n) is 16.5. The van der Waals surface area contributed by atoms with Gasteiger partial charge in [-0.2, -0.15) is 10.4 Å². The summed E-state index contributed by atoms with van der Waals surface area (Å²) in [6.45, 7) is 5.22. The average molecular weight is 644 g/mol. The van der Waals surface area contributed by atoms with E-state index in [-0.39, 0.29) is 11.3 Å². The summed E-state index contributed by atoms with van der Waals surface area (Å²) in [7, 11) is 4.04. The van der Waals surface area contributed by atoms with Gasteiger partial charge in [0.2, 0.25) is 0 Å². The molecule has 48 heavy (non-hydrogen) atoms. The number of carbonyl (C=O) groups is 1. The van der Waals surface area contributed by atoms with Crippen LogP contribution in [0.1, 0.15) is 52.4 Å². The van der Waals surface area contributed by atoms with E-state index in [4.69, 9.17) is 5.10 Å². The summed E-state index contributed by atoms with van der Waals surface area (Å²) in [5, 5.41) is 26.6. The van der Waals surface area contributed by atoms with Crippen LogP contribution in [0, 0.1) is 11.3 Å². The number of Topliss-reactive ketones (excluding diaryl/α,β-unsaturated/α-hetero) is 1. The first-order chi connectivity index (χ1) is 23.3. The Balaban J connectivity index is 0.994. The normalized spacial score (nSPS) is 20.9. The Morgan fingerprint density at radius 1 is 1.08 bits per heavy atom. The summed E-state index contributed by atoms with van der Waals surface area (Å²) < 4.78 is 1.99. The van der Waals surface area contributed by atoms with Gasteiger partial charge in [-0.3, -0.25) is 19.3 Å². The molecular weight excluding hydrogens is 602 g/mol. The van der Waals surface area contributed by atoms with Crippen molar-refractivity contribution in [1.29, 1.82) is 5.26 Å². The Morgan fingerprint density at radius 3 is 2.60 bits per heavy atom. The number of rotatable bonds is 11. The Kier molecular flexibility index (Phi) is 8.90. The molecule has 1 aliphatic heterocycles. The molecule has 4 heterocycles. The predicted molar refractivity (Wildman–Crippen MR) is 183 cm³/mol. The van der Waals surface area contributed by atoms with Gasteiger partial charge in [0.05, 0.1) is 29.9 Å². The summed E-state index contributed by atoms with van der Waals surface area (Å²) in [5.74, 6) is -0.288. The predicted octanol–water partition coefficient (Wildman–Crippen LogP) is 4.39. The minimum absolute atomic E-state index is 0.288. The van der Waals surface area contributed by atoms with Crippen molar-refractivity contribution in [3.05, 3.63) is 102 Å². The van der Waals surface area contributed by atoms with Gasteiger partial charge in [-0.15, -0.1) is 0 Å². The number of fused-ring (bicyclic) bond motifs is 1. The van der Waals surface area contributed by atoms with E-state index >= 15 is 0 Å². The summed E-state index contributed by atoms with van der Waals surface area (Å²) in [6.07, 6.45) is 8.27. The number of carbonyl (C=O) groups excluding carboxylic acids is 1. The molecule has 5 aromatic rings. The van der Waals surface area contributed by atoms with E-state index in [9.17, 15) is 15.2 Å². The number of H-pyrrole nitrogens is 1. The zero-order chi connectivity index (χ0) is 33.3. The molecule has 1 atom stereocenters. The Labute approximate surface area is 280 Å². The fourth-order valence-electron chi connectivity index (χ4n) is 7.40. The molecule has 1 saturated heterocycles. The van der Waals surface area contributed by atoms with Gasteiger partial charge in [0.1, 0.15) is 18.1 Å². The average Bonchev–Trinajstić information content (AvgIpc) is 3.77. The van der Waals surface area contributed by atoms with Gasteiger partial charge in [-0.05, 0) is 49.7 Å². The molecule has 0 bridgehead atoms. The number of aromatic amines is 1. The molecule has 1 unspecified atom stereocenters. The molecule has 1 saturated carbocycles. The molecule has 2 aliphatic rings. The second kappa shape index (κ2) is 13.4. The van der Waals surface area contributed by atoms with Crippen LogP contribution in [-0.4, -0.2) is 96.6 Å². The van der Waals surface area contributed by atoms with Crippen molar-refractivity contribution in [2.75, 3.05) is 40.3 Å². The van der Waals surface area contributed by atoms with Crippen LogP contribution in [0.2, 0.25) is 0 Å². The van der Waals surface area contributed by atoms with E-state index in [1.165, 1.54) is 0 Å². The number of nitrogens with zero attached hydrogens (tertiary/aromatic N) is 8. The number of aliphatic hydroxyl groups is 1. The lowest BCUT2D eigenvalue weighted by Crippen LogP contribution is -2.60. The highest BCUT2D eigenvalue weighted by molar-refractivity contribution is 5.99. The van der Waals surface area contributed by atoms with Gasteiger partial charge in [0, 0.05) is 74.2 Å². The second-order valence-electron chi connectivity index (χ2n) is 13.5. The van der Waals surface area contributed by atoms with Gasteiger partial charge in [0.25, 0.3) is 0 Å². The molecule has 2 aromatic carbocycles. The van der Waals surface area contributed by atoms with Crippen LogP contribution in [0.5, 0.6) is 0 Å². The largest absolute Gasteiger partial charge is 0.380 e. The number of hydrogen-bond donors (Lipinski definition) is 2. The molecular formula is C37H41N9O2. The molecule has 246 valence electrons. The van der Waals surface area contributed by atoms with Crippen molar-refractivity contribution in [2.24, 2.45) is 0 Å². The molecule has 3 aromatic heterocycles. The van der Waals surface area contributed by atoms with Gasteiger partial charge in [0.15, 0.2) is 5.78 Å². The number of ketones is 1. The zero-order valence-electron chi connectivity index (χ0n) is 27.5. The topological polar surface area (TPSA) is 130 Å². The third kappa shape index (κ3) is 6.40. The number of piperazine rings is 1. The van der Waals surface area contributed by atoms with Crippen molar-refractivity contribution in [2.45, 2.75) is 50.0 Å². The smallest absolute Gasteiger partial charge is 0.195 e. The Morgan fingerprint density at radius 2 is 1.85 bits per heavy atom. The van der Waals surface area contributed by atoms with Crippen molar-refractivity contribution < 1.29 is 9.90 Å². The molecule has 11 heteroatoms. The number of hydrogen-bond acceptors (Lipinski definition) is 9. The number of nitriles is 1. The molecule has 2 fully saturated rings. The monoisotopic (exact) mass is 643 g/mol. The number of aromatic nitrogens is 5. The highest BCUT2D eigenvalue weighted by Crippen LogP contribution is 2.45. The third-order valence-corrected chi connectivity index (χ3v) is 9.86. The van der Waals surface area contributed by atoms with E-state index in [0.29, 0.717) is 23.6 Å². The standard InChI is InChI=1S/C37H41N9O2/c1-43(2)22-26-16-27(18-29(17-26)35(48)34(47)28-6-4-3-5-7-28)23-44-12-14-45(15-13-44)31-19-37(20-31,9-10-38)46-24-30(21-42-46)33-32-8-11-39-36(32)41-25-40-33/h3-8,11,16-18,21,24-25,31,35,48H,9,12-15,19-20,22-23H2,1-2H3,(H,39,40,41). The van der Waals surface area contributed by atoms with Gasteiger partial charge in [-0.25, -0.2) is 9.97 Å². The molecule has 2 N–H and O–H groups in total. The summed E-state index contributed by atoms with van der Waals surface area (Å²) >= 11 is 0. The molecule has 1 aliphatic carbocycles. The number of benzene rings is 2. The van der Waals surface area contributed by atoms with Crippen LogP contribution >= 0.6 is 0 Å². The van der Waals surface area contributed by atoms with Crippen molar-refractivity contribution in [1.82, 2.24) is 39.4 Å². The summed E-state index contributed by atoms with van der Waals surface area (Å²) in [5.41, 5.74) is 5.55. The van der Waals surface area contributed by atoms with Gasteiger partial charge >= 0.3 is 0 Å². The van der Waals surface area contributed by atoms with Crippen molar-refractivity contribution in [3.8, 4) is 17.3 Å². The second-order valence-corrected chi connectivity index (χ2v) is 13.5. The highest BCUT2D eigenvalue weighted by Gasteiger charge is 2.49. The van der Waals surface area contributed by atoms with Gasteiger partial charge in [-0.1, -0.05) is 48.5 Å². The maximum atomic E-state index is 13.1. The molecule has 0 radical (unpaired) electrons. The van der Waals surface area contributed by atoms with Crippen LogP contribution in [0.4, 0.5) is 0 Å². The lowest BCUT2D eigenvalue weighted by molar-refractivity contribution is -0.0191. The summed E-state index contributed by atoms with van der Waals surface area (Å²) in [6, 6.07) is 19.9. The van der Waals surface area contributed by atoms with Crippen LogP contribution in [0.3, 0.4) is 0 Å². The molecule has 0 amide bonds. The molecule has 11 nitrogen and oxygen atoms in total. The maximum absolute atomic E-state index is 13.1. The van der Waals surface area contributed by atoms with E-state index in [0.717, 1.165) is 85.5 Å². The van der Waals surface area contributed by atoms with Crippen LogP contribution < -0.4 is 0 Å². The fourth-order valence-corrected chi connectivity index (χ4v) is 7.40. The van der Waals surface area contributed by atoms with Crippen LogP contribution in [0.25, 0.3) is 22.3 Å². The van der Waals surface area contributed by atoms with Crippen molar-refractivity contribution in [3.63, 3.8) is 0 Å². The number of aliphatic hydroxyl groups excluding tert-OH is 1. The van der Waals surface area contributed by atoms with Crippen LogP contribution in [0.15, 0.2) is 79.5 Å². The fraction of sp³-hybridized carbons (Fsp3) is 0.378.